The Hall–Kier alpha value is -1.90. The van der Waals surface area contributed by atoms with Crippen molar-refractivity contribution in [1.29, 1.82) is 0 Å². The van der Waals surface area contributed by atoms with E-state index in [0.717, 1.165) is 11.3 Å². The normalized spacial score (nSPS) is 16.2. The summed E-state index contributed by atoms with van der Waals surface area (Å²) in [4.78, 5) is 25.7. The van der Waals surface area contributed by atoms with Crippen LogP contribution in [-0.4, -0.2) is 22.7 Å². The van der Waals surface area contributed by atoms with Gasteiger partial charge in [-0.1, -0.05) is 23.4 Å². The van der Waals surface area contributed by atoms with E-state index in [9.17, 15) is 14.0 Å². The van der Waals surface area contributed by atoms with Crippen LogP contribution in [-0.2, 0) is 4.79 Å². The van der Waals surface area contributed by atoms with Crippen molar-refractivity contribution in [3.05, 3.63) is 51.4 Å². The van der Waals surface area contributed by atoms with E-state index in [1.807, 2.05) is 0 Å². The van der Waals surface area contributed by atoms with Gasteiger partial charge < -0.3 is 0 Å². The van der Waals surface area contributed by atoms with Crippen LogP contribution < -0.4 is 10.3 Å². The Bertz CT molecular complexity index is 792. The van der Waals surface area contributed by atoms with Crippen LogP contribution in [0.5, 0.6) is 0 Å². The minimum atomic E-state index is -0.409. The largest absolute Gasteiger partial charge is 0.281 e. The van der Waals surface area contributed by atoms with E-state index in [2.05, 4.69) is 10.5 Å². The van der Waals surface area contributed by atoms with Crippen molar-refractivity contribution < 1.29 is 14.0 Å². The molecule has 1 N–H and O–H groups in total. The van der Waals surface area contributed by atoms with Gasteiger partial charge in [0, 0.05) is 0 Å². The number of thioether (sulfide) groups is 1. The lowest BCUT2D eigenvalue weighted by molar-refractivity contribution is -0.115. The van der Waals surface area contributed by atoms with Gasteiger partial charge in [-0.3, -0.25) is 14.5 Å². The van der Waals surface area contributed by atoms with Crippen molar-refractivity contribution in [2.45, 2.75) is 0 Å². The minimum Gasteiger partial charge on any atom is -0.273 e. The number of amidine groups is 1. The van der Waals surface area contributed by atoms with Crippen molar-refractivity contribution in [2.24, 2.45) is 5.10 Å². The van der Waals surface area contributed by atoms with Crippen molar-refractivity contribution in [2.75, 3.05) is 10.7 Å². The van der Waals surface area contributed by atoms with Crippen LogP contribution in [0, 0.1) is 5.82 Å². The van der Waals surface area contributed by atoms with Crippen molar-refractivity contribution in [3.63, 3.8) is 0 Å². The molecule has 0 saturated carbocycles. The van der Waals surface area contributed by atoms with Gasteiger partial charge in [0.05, 0.1) is 20.7 Å². The second-order valence-corrected chi connectivity index (χ2v) is 7.09. The van der Waals surface area contributed by atoms with E-state index in [-0.39, 0.29) is 11.7 Å². The number of thiophene rings is 1. The molecule has 0 spiro atoms. The molecule has 1 aromatic carbocycles. The Labute approximate surface area is 144 Å². The lowest BCUT2D eigenvalue weighted by Gasteiger charge is -2.15. The van der Waals surface area contributed by atoms with Gasteiger partial charge in [0.2, 0.25) is 5.91 Å². The first-order chi connectivity index (χ1) is 11.0. The summed E-state index contributed by atoms with van der Waals surface area (Å²) in [6, 6.07) is 8.69. The molecule has 0 aliphatic carbocycles. The number of hydrogen-bond acceptors (Lipinski definition) is 5. The first-order valence-electron chi connectivity index (χ1n) is 6.39. The maximum Gasteiger partial charge on any atom is 0.281 e. The summed E-state index contributed by atoms with van der Waals surface area (Å²) in [7, 11) is 0. The van der Waals surface area contributed by atoms with Gasteiger partial charge >= 0.3 is 0 Å². The van der Waals surface area contributed by atoms with Crippen LogP contribution in [0.3, 0.4) is 0 Å². The molecule has 5 nitrogen and oxygen atoms in total. The van der Waals surface area contributed by atoms with E-state index in [1.165, 1.54) is 40.9 Å². The van der Waals surface area contributed by atoms with Gasteiger partial charge in [0.1, 0.15) is 5.82 Å². The molecule has 118 valence electrons. The monoisotopic (exact) mass is 369 g/mol. The SMILES string of the molecule is O=C(N/N=C1\SCC(=O)N1c1ccc(F)cc1)c1ccc(Cl)s1. The number of halogens is 2. The van der Waals surface area contributed by atoms with Gasteiger partial charge in [-0.15, -0.1) is 16.4 Å². The summed E-state index contributed by atoms with van der Waals surface area (Å²) in [6.45, 7) is 0. The van der Waals surface area contributed by atoms with E-state index in [1.54, 1.807) is 12.1 Å². The Morgan fingerprint density at radius 3 is 2.65 bits per heavy atom. The molecular formula is C14H9ClFN3O2S2. The molecule has 1 aliphatic heterocycles. The molecule has 1 fully saturated rings. The summed E-state index contributed by atoms with van der Waals surface area (Å²) < 4.78 is 13.5. The van der Waals surface area contributed by atoms with Crippen LogP contribution in [0.25, 0.3) is 0 Å². The predicted octanol–water partition coefficient (Wildman–Crippen LogP) is 3.32. The average Bonchev–Trinajstić information content (AvgIpc) is 3.12. The highest BCUT2D eigenvalue weighted by Gasteiger charge is 2.30. The second-order valence-electron chi connectivity index (χ2n) is 4.43. The Morgan fingerprint density at radius 1 is 1.26 bits per heavy atom. The number of anilines is 1. The van der Waals surface area contributed by atoms with E-state index in [4.69, 9.17) is 11.6 Å². The standard InChI is InChI=1S/C14H9ClFN3O2S2/c15-11-6-5-10(23-11)13(21)17-18-14-19(12(20)7-22-14)9-3-1-8(16)2-4-9/h1-6H,7H2,(H,17,21)/b18-14-. The molecule has 2 amide bonds. The van der Waals surface area contributed by atoms with Crippen LogP contribution in [0.4, 0.5) is 10.1 Å². The lowest BCUT2D eigenvalue weighted by atomic mass is 10.3. The summed E-state index contributed by atoms with van der Waals surface area (Å²) in [5, 5.41) is 4.33. The maximum absolute atomic E-state index is 13.0. The Balaban J connectivity index is 1.78. The number of benzene rings is 1. The number of nitrogens with zero attached hydrogens (tertiary/aromatic N) is 2. The minimum absolute atomic E-state index is 0.186. The lowest BCUT2D eigenvalue weighted by Crippen LogP contribution is -2.31. The Kier molecular flexibility index (Phi) is 4.65. The van der Waals surface area contributed by atoms with Crippen LogP contribution in [0.15, 0.2) is 41.5 Å². The summed E-state index contributed by atoms with van der Waals surface area (Å²) >= 11 is 8.11. The fourth-order valence-electron chi connectivity index (χ4n) is 1.88. The highest BCUT2D eigenvalue weighted by Crippen LogP contribution is 2.27. The summed E-state index contributed by atoms with van der Waals surface area (Å²) in [6.07, 6.45) is 0. The van der Waals surface area contributed by atoms with Crippen molar-refractivity contribution in [1.82, 2.24) is 5.43 Å². The molecule has 0 radical (unpaired) electrons. The molecule has 1 saturated heterocycles. The van der Waals surface area contributed by atoms with Crippen LogP contribution in [0.2, 0.25) is 4.34 Å². The smallest absolute Gasteiger partial charge is 0.273 e. The first-order valence-corrected chi connectivity index (χ1v) is 8.57. The topological polar surface area (TPSA) is 61.8 Å². The van der Waals surface area contributed by atoms with Crippen molar-refractivity contribution >= 4 is 57.4 Å². The summed E-state index contributed by atoms with van der Waals surface area (Å²) in [5.74, 6) is -0.784. The molecule has 0 bridgehead atoms. The Morgan fingerprint density at radius 2 is 2.00 bits per heavy atom. The summed E-state index contributed by atoms with van der Waals surface area (Å²) in [5.41, 5.74) is 2.89. The van der Waals surface area contributed by atoms with E-state index >= 15 is 0 Å². The molecule has 23 heavy (non-hydrogen) atoms. The number of rotatable bonds is 3. The fraction of sp³-hybridized carbons (Fsp3) is 0.0714. The third-order valence-electron chi connectivity index (χ3n) is 2.90. The third kappa shape index (κ3) is 3.54. The van der Waals surface area contributed by atoms with Crippen molar-refractivity contribution in [3.8, 4) is 0 Å². The highest BCUT2D eigenvalue weighted by atomic mass is 35.5. The molecule has 2 aromatic rings. The zero-order valence-electron chi connectivity index (χ0n) is 11.5. The first kappa shape index (κ1) is 16.0. The zero-order valence-corrected chi connectivity index (χ0v) is 13.8. The van der Waals surface area contributed by atoms with Gasteiger partial charge in [-0.25, -0.2) is 9.82 Å². The van der Waals surface area contributed by atoms with E-state index in [0.29, 0.717) is 20.1 Å². The van der Waals surface area contributed by atoms with Crippen LogP contribution >= 0.6 is 34.7 Å². The molecule has 3 rings (SSSR count). The molecule has 9 heteroatoms. The molecule has 2 heterocycles. The number of amides is 2. The maximum atomic E-state index is 13.0. The molecular weight excluding hydrogens is 361 g/mol. The molecule has 0 unspecified atom stereocenters. The number of nitrogens with one attached hydrogen (secondary N) is 1. The second kappa shape index (κ2) is 6.69. The quantitative estimate of drug-likeness (QED) is 0.844. The van der Waals surface area contributed by atoms with Gasteiger partial charge in [0.15, 0.2) is 5.17 Å². The van der Waals surface area contributed by atoms with Gasteiger partial charge in [-0.05, 0) is 36.4 Å². The fourth-order valence-corrected chi connectivity index (χ4v) is 3.64. The van der Waals surface area contributed by atoms with Gasteiger partial charge in [-0.2, -0.15) is 0 Å². The zero-order chi connectivity index (χ0) is 16.4. The number of carbonyl (C=O) groups excluding carboxylic acids is 2. The number of hydrazone groups is 1. The highest BCUT2D eigenvalue weighted by molar-refractivity contribution is 8.15. The molecule has 1 aliphatic rings. The van der Waals surface area contributed by atoms with Crippen LogP contribution in [0.1, 0.15) is 9.67 Å². The number of hydrogen-bond donors (Lipinski definition) is 1. The predicted molar refractivity (Wildman–Crippen MR) is 90.6 cm³/mol. The van der Waals surface area contributed by atoms with E-state index < -0.39 is 11.7 Å². The molecule has 1 aromatic heterocycles. The number of carbonyl (C=O) groups is 2. The third-order valence-corrected chi connectivity index (χ3v) is 5.05. The average molecular weight is 370 g/mol. The molecule has 0 atom stereocenters. The van der Waals surface area contributed by atoms with Gasteiger partial charge in [0.25, 0.3) is 5.91 Å².